The van der Waals surface area contributed by atoms with Gasteiger partial charge in [-0.15, -0.1) is 11.6 Å². The summed E-state index contributed by atoms with van der Waals surface area (Å²) >= 11 is 6.98. The van der Waals surface area contributed by atoms with E-state index in [4.69, 9.17) is 11.6 Å². The lowest BCUT2D eigenvalue weighted by Gasteiger charge is -2.09. The molecule has 1 atom stereocenters. The predicted octanol–water partition coefficient (Wildman–Crippen LogP) is 1.70. The molecular formula is C15H23ClN4O3S. The van der Waals surface area contributed by atoms with Gasteiger partial charge in [-0.25, -0.2) is 9.78 Å². The van der Waals surface area contributed by atoms with Crippen molar-refractivity contribution >= 4 is 34.5 Å². The van der Waals surface area contributed by atoms with Crippen molar-refractivity contribution < 1.29 is 5.11 Å². The average Bonchev–Trinajstić information content (AvgIpc) is 2.93. The van der Waals surface area contributed by atoms with Gasteiger partial charge < -0.3 is 9.67 Å². The summed E-state index contributed by atoms with van der Waals surface area (Å²) in [6.07, 6.45) is 3.60. The van der Waals surface area contributed by atoms with Crippen molar-refractivity contribution in [3.05, 3.63) is 20.8 Å². The molecule has 0 aliphatic heterocycles. The van der Waals surface area contributed by atoms with Crippen molar-refractivity contribution in [1.29, 1.82) is 0 Å². The topological polar surface area (TPSA) is 92.9 Å². The van der Waals surface area contributed by atoms with Gasteiger partial charge in [-0.05, 0) is 6.42 Å². The number of nitrogens with one attached hydrogen (secondary N) is 1. The number of thioether (sulfide) groups is 1. The molecule has 0 bridgehead atoms. The van der Waals surface area contributed by atoms with Crippen LogP contribution >= 0.6 is 23.4 Å². The van der Waals surface area contributed by atoms with Crippen LogP contribution < -0.4 is 11.2 Å². The van der Waals surface area contributed by atoms with Crippen molar-refractivity contribution in [1.82, 2.24) is 19.1 Å². The number of hydrogen-bond acceptors (Lipinski definition) is 5. The molecule has 2 heterocycles. The van der Waals surface area contributed by atoms with Crippen LogP contribution in [0.25, 0.3) is 11.2 Å². The van der Waals surface area contributed by atoms with Crippen molar-refractivity contribution in [2.45, 2.75) is 50.4 Å². The van der Waals surface area contributed by atoms with E-state index in [1.807, 2.05) is 4.57 Å². The van der Waals surface area contributed by atoms with Crippen LogP contribution in [0.2, 0.25) is 0 Å². The summed E-state index contributed by atoms with van der Waals surface area (Å²) in [5.41, 5.74) is -0.153. The Hall–Kier alpha value is -1.25. The van der Waals surface area contributed by atoms with Gasteiger partial charge in [-0.3, -0.25) is 14.3 Å². The zero-order chi connectivity index (χ0) is 17.7. The summed E-state index contributed by atoms with van der Waals surface area (Å²) in [7, 11) is 1.58. The largest absolute Gasteiger partial charge is 0.391 e. The number of H-pyrrole nitrogens is 1. The molecule has 2 N–H and O–H groups in total. The van der Waals surface area contributed by atoms with Gasteiger partial charge in [-0.1, -0.05) is 37.9 Å². The first kappa shape index (κ1) is 19.1. The minimum atomic E-state index is -0.646. The van der Waals surface area contributed by atoms with E-state index >= 15 is 0 Å². The fourth-order valence-corrected chi connectivity index (χ4v) is 3.63. The number of aryl methyl sites for hydroxylation is 2. The van der Waals surface area contributed by atoms with Gasteiger partial charge >= 0.3 is 5.69 Å². The molecule has 2 aromatic rings. The maximum Gasteiger partial charge on any atom is 0.329 e. The molecular weight excluding hydrogens is 352 g/mol. The van der Waals surface area contributed by atoms with E-state index in [0.717, 1.165) is 25.7 Å². The molecule has 0 saturated carbocycles. The number of hydrogen-bond donors (Lipinski definition) is 2. The lowest BCUT2D eigenvalue weighted by atomic mass is 10.2. The molecule has 0 amide bonds. The minimum absolute atomic E-state index is 0.142. The highest BCUT2D eigenvalue weighted by Gasteiger charge is 2.18. The maximum absolute atomic E-state index is 12.3. The Kier molecular flexibility index (Phi) is 6.94. The molecule has 0 aliphatic rings. The Morgan fingerprint density at radius 1 is 1.33 bits per heavy atom. The molecule has 1 unspecified atom stereocenters. The van der Waals surface area contributed by atoms with Crippen LogP contribution in [0.5, 0.6) is 0 Å². The molecule has 0 fully saturated rings. The predicted molar refractivity (Wildman–Crippen MR) is 97.2 cm³/mol. The first-order valence-electron chi connectivity index (χ1n) is 8.06. The van der Waals surface area contributed by atoms with Gasteiger partial charge in [0.25, 0.3) is 5.56 Å². The van der Waals surface area contributed by atoms with E-state index in [9.17, 15) is 14.7 Å². The molecule has 0 aliphatic carbocycles. The quantitative estimate of drug-likeness (QED) is 0.396. The number of aromatic nitrogens is 4. The zero-order valence-corrected chi connectivity index (χ0v) is 15.5. The van der Waals surface area contributed by atoms with E-state index < -0.39 is 17.4 Å². The van der Waals surface area contributed by atoms with Crippen molar-refractivity contribution in [3.63, 3.8) is 0 Å². The number of aliphatic hydroxyl groups excluding tert-OH is 1. The Morgan fingerprint density at radius 2 is 2.08 bits per heavy atom. The first-order valence-corrected chi connectivity index (χ1v) is 9.58. The Balaban J connectivity index is 2.41. The van der Waals surface area contributed by atoms with Crippen LogP contribution in [0.4, 0.5) is 0 Å². The molecule has 0 radical (unpaired) electrons. The van der Waals surface area contributed by atoms with Gasteiger partial charge in [0.1, 0.15) is 0 Å². The van der Waals surface area contributed by atoms with Gasteiger partial charge in [0.05, 0.1) is 6.10 Å². The molecule has 0 spiro atoms. The molecule has 2 rings (SSSR count). The van der Waals surface area contributed by atoms with E-state index in [1.165, 1.54) is 16.3 Å². The Labute approximate surface area is 149 Å². The maximum atomic E-state index is 12.3. The Bertz CT molecular complexity index is 798. The molecule has 24 heavy (non-hydrogen) atoms. The molecule has 9 heteroatoms. The van der Waals surface area contributed by atoms with Crippen molar-refractivity contribution in [3.8, 4) is 0 Å². The number of aromatic amines is 1. The van der Waals surface area contributed by atoms with E-state index in [2.05, 4.69) is 16.9 Å². The molecule has 0 saturated heterocycles. The number of unbranched alkanes of at least 4 members (excludes halogenated alkanes) is 3. The SMILES string of the molecule is CCCCCCn1c(SCC(O)CCl)nc2c1c(=O)[nH]c(=O)n2C. The lowest BCUT2D eigenvalue weighted by Crippen LogP contribution is -2.29. The lowest BCUT2D eigenvalue weighted by molar-refractivity contribution is 0.223. The van der Waals surface area contributed by atoms with Gasteiger partial charge in [0, 0.05) is 25.2 Å². The second-order valence-corrected chi connectivity index (χ2v) is 7.01. The first-order chi connectivity index (χ1) is 11.5. The molecule has 2 aromatic heterocycles. The average molecular weight is 375 g/mol. The number of imidazole rings is 1. The number of alkyl halides is 1. The summed E-state index contributed by atoms with van der Waals surface area (Å²) in [6, 6.07) is 0. The standard InChI is InChI=1S/C15H23ClN4O3S/c1-3-4-5-6-7-20-11-12(19(2)14(23)18-13(11)22)17-15(20)24-9-10(21)8-16/h10,21H,3-9H2,1-2H3,(H,18,22,23). The fraction of sp³-hybridized carbons (Fsp3) is 0.667. The van der Waals surface area contributed by atoms with E-state index in [0.29, 0.717) is 28.6 Å². The second kappa shape index (κ2) is 8.73. The summed E-state index contributed by atoms with van der Waals surface area (Å²) in [6.45, 7) is 2.79. The summed E-state index contributed by atoms with van der Waals surface area (Å²) in [4.78, 5) is 30.8. The molecule has 0 aromatic carbocycles. The van der Waals surface area contributed by atoms with Crippen LogP contribution in [0, 0.1) is 0 Å². The number of fused-ring (bicyclic) bond motifs is 1. The number of nitrogens with zero attached hydrogens (tertiary/aromatic N) is 3. The third-order valence-corrected chi connectivity index (χ3v) is 5.27. The zero-order valence-electron chi connectivity index (χ0n) is 13.9. The highest BCUT2D eigenvalue weighted by Crippen LogP contribution is 2.23. The normalized spacial score (nSPS) is 12.8. The molecule has 7 nitrogen and oxygen atoms in total. The van der Waals surface area contributed by atoms with Crippen LogP contribution in [0.3, 0.4) is 0 Å². The number of aliphatic hydroxyl groups is 1. The van der Waals surface area contributed by atoms with E-state index in [-0.39, 0.29) is 5.88 Å². The van der Waals surface area contributed by atoms with E-state index in [1.54, 1.807) is 7.05 Å². The highest BCUT2D eigenvalue weighted by atomic mass is 35.5. The van der Waals surface area contributed by atoms with Crippen molar-refractivity contribution in [2.75, 3.05) is 11.6 Å². The van der Waals surface area contributed by atoms with Gasteiger partial charge in [0.2, 0.25) is 0 Å². The van der Waals surface area contributed by atoms with Gasteiger partial charge in [-0.2, -0.15) is 0 Å². The highest BCUT2D eigenvalue weighted by molar-refractivity contribution is 7.99. The fourth-order valence-electron chi connectivity index (χ4n) is 2.44. The second-order valence-electron chi connectivity index (χ2n) is 5.72. The third kappa shape index (κ3) is 4.23. The summed E-state index contributed by atoms with van der Waals surface area (Å²) < 4.78 is 3.18. The summed E-state index contributed by atoms with van der Waals surface area (Å²) in [5.74, 6) is 0.524. The van der Waals surface area contributed by atoms with Crippen LogP contribution in [-0.4, -0.2) is 41.9 Å². The van der Waals surface area contributed by atoms with Crippen LogP contribution in [-0.2, 0) is 13.6 Å². The number of rotatable bonds is 9. The van der Waals surface area contributed by atoms with Crippen LogP contribution in [0.1, 0.15) is 32.6 Å². The summed E-state index contributed by atoms with van der Waals surface area (Å²) in [5, 5.41) is 10.3. The minimum Gasteiger partial charge on any atom is -0.391 e. The molecule has 134 valence electrons. The Morgan fingerprint density at radius 3 is 2.75 bits per heavy atom. The smallest absolute Gasteiger partial charge is 0.329 e. The third-order valence-electron chi connectivity index (χ3n) is 3.79. The van der Waals surface area contributed by atoms with Crippen molar-refractivity contribution in [2.24, 2.45) is 7.05 Å². The number of halogens is 1. The monoisotopic (exact) mass is 374 g/mol. The van der Waals surface area contributed by atoms with Gasteiger partial charge in [0.15, 0.2) is 16.3 Å². The van der Waals surface area contributed by atoms with Crippen LogP contribution in [0.15, 0.2) is 14.7 Å².